The standard InChI is InChI=1S/C59H40N2O2/c1-59(2)51-35-42(37-13-4-3-5-14-37)25-27-49(51)50-28-26-43(36-52(50)59)38-15-10-16-39(29-38)46-32-47(40-17-11-19-44(30-40)57-60-53-21-6-8-23-55(53)62-57)34-48(33-46)41-18-12-20-45(31-41)58-61-54-22-7-9-24-56(54)63-58/h3-36H,1-2H3. The molecular weight excluding hydrogens is 769 g/mol. The van der Waals surface area contributed by atoms with E-state index in [9.17, 15) is 0 Å². The molecular formula is C59H40N2O2. The third kappa shape index (κ3) is 6.47. The average molecular weight is 809 g/mol. The molecule has 63 heavy (non-hydrogen) atoms. The summed E-state index contributed by atoms with van der Waals surface area (Å²) in [7, 11) is 0. The number of benzene rings is 9. The fraction of sp³-hybridized carbons (Fsp3) is 0.0508. The first-order valence-corrected chi connectivity index (χ1v) is 21.4. The van der Waals surface area contributed by atoms with Crippen LogP contribution in [0.15, 0.2) is 215 Å². The van der Waals surface area contributed by atoms with E-state index in [2.05, 4.69) is 172 Å². The highest BCUT2D eigenvalue weighted by Gasteiger charge is 2.36. The van der Waals surface area contributed by atoms with Gasteiger partial charge in [-0.15, -0.1) is 0 Å². The van der Waals surface area contributed by atoms with E-state index >= 15 is 0 Å². The minimum atomic E-state index is -0.148. The summed E-state index contributed by atoms with van der Waals surface area (Å²) in [5.74, 6) is 1.20. The van der Waals surface area contributed by atoms with Crippen molar-refractivity contribution in [3.63, 3.8) is 0 Å². The molecule has 0 fully saturated rings. The Hall–Kier alpha value is -8.08. The zero-order valence-corrected chi connectivity index (χ0v) is 34.8. The van der Waals surface area contributed by atoms with Crippen LogP contribution in [0.5, 0.6) is 0 Å². The maximum atomic E-state index is 6.22. The Morgan fingerprint density at radius 3 is 1.13 bits per heavy atom. The van der Waals surface area contributed by atoms with Crippen LogP contribution in [0.25, 0.3) is 112 Å². The molecule has 0 bridgehead atoms. The number of rotatable bonds is 7. The minimum absolute atomic E-state index is 0.148. The van der Waals surface area contributed by atoms with E-state index in [1.165, 1.54) is 44.5 Å². The van der Waals surface area contributed by atoms with Gasteiger partial charge >= 0.3 is 0 Å². The van der Waals surface area contributed by atoms with Crippen LogP contribution in [-0.2, 0) is 5.41 Å². The first kappa shape index (κ1) is 36.7. The fourth-order valence-corrected chi connectivity index (χ4v) is 9.39. The predicted molar refractivity (Wildman–Crippen MR) is 257 cm³/mol. The Balaban J connectivity index is 0.952. The molecule has 4 nitrogen and oxygen atoms in total. The molecule has 1 aliphatic carbocycles. The van der Waals surface area contributed by atoms with Crippen molar-refractivity contribution in [2.24, 2.45) is 0 Å². The van der Waals surface area contributed by atoms with Crippen LogP contribution in [0.1, 0.15) is 25.0 Å². The van der Waals surface area contributed by atoms with Crippen LogP contribution in [0.3, 0.4) is 0 Å². The number of fused-ring (bicyclic) bond motifs is 5. The lowest BCUT2D eigenvalue weighted by Crippen LogP contribution is -2.15. The van der Waals surface area contributed by atoms with Crippen molar-refractivity contribution in [2.75, 3.05) is 0 Å². The summed E-state index contributed by atoms with van der Waals surface area (Å²) < 4.78 is 12.4. The number of oxazole rings is 2. The van der Waals surface area contributed by atoms with E-state index < -0.39 is 0 Å². The maximum Gasteiger partial charge on any atom is 0.227 e. The third-order valence-electron chi connectivity index (χ3n) is 12.7. The van der Waals surface area contributed by atoms with Gasteiger partial charge in [-0.2, -0.15) is 0 Å². The number of hydrogen-bond acceptors (Lipinski definition) is 4. The van der Waals surface area contributed by atoms with Crippen LogP contribution in [0.2, 0.25) is 0 Å². The molecule has 0 spiro atoms. The molecule has 0 unspecified atom stereocenters. The number of nitrogens with zero attached hydrogens (tertiary/aromatic N) is 2. The quantitative estimate of drug-likeness (QED) is 0.161. The predicted octanol–water partition coefficient (Wildman–Crippen LogP) is 15.9. The molecule has 11 aromatic rings. The first-order chi connectivity index (χ1) is 30.9. The van der Waals surface area contributed by atoms with Crippen molar-refractivity contribution in [1.29, 1.82) is 0 Å². The monoisotopic (exact) mass is 808 g/mol. The Morgan fingerprint density at radius 2 is 0.651 bits per heavy atom. The molecule has 9 aromatic carbocycles. The summed E-state index contributed by atoms with van der Waals surface area (Å²) in [6.45, 7) is 4.72. The van der Waals surface area contributed by atoms with E-state index in [0.29, 0.717) is 11.8 Å². The zero-order valence-electron chi connectivity index (χ0n) is 34.8. The van der Waals surface area contributed by atoms with Crippen LogP contribution >= 0.6 is 0 Å². The summed E-state index contributed by atoms with van der Waals surface area (Å²) in [6, 6.07) is 73.2. The molecule has 0 atom stereocenters. The van der Waals surface area contributed by atoms with Crippen LogP contribution in [-0.4, -0.2) is 9.97 Å². The Bertz CT molecular complexity index is 3350. The normalized spacial score (nSPS) is 12.7. The van der Waals surface area contributed by atoms with Crippen molar-refractivity contribution in [1.82, 2.24) is 9.97 Å². The second-order valence-electron chi connectivity index (χ2n) is 17.0. The maximum absolute atomic E-state index is 6.22. The van der Waals surface area contributed by atoms with Crippen molar-refractivity contribution < 1.29 is 8.83 Å². The largest absolute Gasteiger partial charge is 0.436 e. The summed E-state index contributed by atoms with van der Waals surface area (Å²) >= 11 is 0. The lowest BCUT2D eigenvalue weighted by atomic mass is 9.80. The highest BCUT2D eigenvalue weighted by Crippen LogP contribution is 2.51. The molecule has 2 heterocycles. The summed E-state index contributed by atoms with van der Waals surface area (Å²) in [6.07, 6.45) is 0. The van der Waals surface area contributed by atoms with Crippen LogP contribution in [0, 0.1) is 0 Å². The van der Waals surface area contributed by atoms with Gasteiger partial charge in [-0.25, -0.2) is 9.97 Å². The van der Waals surface area contributed by atoms with Gasteiger partial charge in [0, 0.05) is 16.5 Å². The molecule has 12 rings (SSSR count). The van der Waals surface area contributed by atoms with Crippen molar-refractivity contribution >= 4 is 22.2 Å². The smallest absolute Gasteiger partial charge is 0.227 e. The summed E-state index contributed by atoms with van der Waals surface area (Å²) in [5.41, 5.74) is 21.7. The first-order valence-electron chi connectivity index (χ1n) is 21.4. The van der Waals surface area contributed by atoms with E-state index in [0.717, 1.165) is 66.7 Å². The Morgan fingerprint density at radius 1 is 0.302 bits per heavy atom. The molecule has 0 saturated carbocycles. The van der Waals surface area contributed by atoms with Crippen molar-refractivity contribution in [3.8, 4) is 89.7 Å². The van der Waals surface area contributed by atoms with Gasteiger partial charge in [0.15, 0.2) is 11.2 Å². The highest BCUT2D eigenvalue weighted by atomic mass is 16.4. The lowest BCUT2D eigenvalue weighted by Gasteiger charge is -2.22. The van der Waals surface area contributed by atoms with E-state index in [-0.39, 0.29) is 5.41 Å². The molecule has 4 heteroatoms. The molecule has 0 aliphatic heterocycles. The molecule has 2 aromatic heterocycles. The van der Waals surface area contributed by atoms with Gasteiger partial charge in [0.05, 0.1) is 0 Å². The topological polar surface area (TPSA) is 52.1 Å². The Kier molecular flexibility index (Phi) is 8.48. The van der Waals surface area contributed by atoms with Gasteiger partial charge in [-0.1, -0.05) is 135 Å². The number of para-hydroxylation sites is 4. The van der Waals surface area contributed by atoms with Gasteiger partial charge in [0.2, 0.25) is 11.8 Å². The van der Waals surface area contributed by atoms with E-state index in [1.54, 1.807) is 0 Å². The van der Waals surface area contributed by atoms with Gasteiger partial charge in [0.1, 0.15) is 11.0 Å². The molecule has 1 aliphatic rings. The number of hydrogen-bond donors (Lipinski definition) is 0. The second-order valence-corrected chi connectivity index (χ2v) is 17.0. The zero-order chi connectivity index (χ0) is 42.1. The van der Waals surface area contributed by atoms with E-state index in [1.807, 2.05) is 48.5 Å². The molecule has 0 N–H and O–H groups in total. The van der Waals surface area contributed by atoms with Gasteiger partial charge in [-0.3, -0.25) is 0 Å². The minimum Gasteiger partial charge on any atom is -0.436 e. The molecule has 0 saturated heterocycles. The summed E-state index contributed by atoms with van der Waals surface area (Å²) in [5, 5.41) is 0. The van der Waals surface area contributed by atoms with Crippen molar-refractivity contribution in [2.45, 2.75) is 19.3 Å². The summed E-state index contributed by atoms with van der Waals surface area (Å²) in [4.78, 5) is 9.64. The van der Waals surface area contributed by atoms with Crippen LogP contribution in [0.4, 0.5) is 0 Å². The van der Waals surface area contributed by atoms with Gasteiger partial charge < -0.3 is 8.83 Å². The van der Waals surface area contributed by atoms with Crippen LogP contribution < -0.4 is 0 Å². The average Bonchev–Trinajstić information content (AvgIpc) is 4.05. The lowest BCUT2D eigenvalue weighted by molar-refractivity contribution is 0.619. The third-order valence-corrected chi connectivity index (χ3v) is 12.7. The molecule has 0 amide bonds. The highest BCUT2D eigenvalue weighted by molar-refractivity contribution is 5.88. The van der Waals surface area contributed by atoms with Crippen molar-refractivity contribution in [3.05, 3.63) is 217 Å². The van der Waals surface area contributed by atoms with Gasteiger partial charge in [-0.05, 0) is 163 Å². The molecule has 0 radical (unpaired) electrons. The second kappa shape index (κ2) is 14.5. The molecule has 298 valence electrons. The van der Waals surface area contributed by atoms with Gasteiger partial charge in [0.25, 0.3) is 0 Å². The number of aromatic nitrogens is 2. The fourth-order valence-electron chi connectivity index (χ4n) is 9.39. The SMILES string of the molecule is CC1(C)c2cc(-c3ccccc3)ccc2-c2ccc(-c3cccc(-c4cc(-c5cccc(-c6nc7ccccc7o6)c5)cc(-c5cccc(-c6nc7ccccc7o6)c5)c4)c3)cc21. The van der Waals surface area contributed by atoms with E-state index in [4.69, 9.17) is 18.8 Å². The Labute approximate surface area is 365 Å².